The minimum atomic E-state index is -0.109. The van der Waals surface area contributed by atoms with E-state index in [9.17, 15) is 4.79 Å². The molecule has 184 valence electrons. The third-order valence-electron chi connectivity index (χ3n) is 7.21. The van der Waals surface area contributed by atoms with Crippen molar-refractivity contribution in [2.45, 2.75) is 43.9 Å². The number of nitrogens with zero attached hydrogens (tertiary/aromatic N) is 1. The third-order valence-corrected chi connectivity index (χ3v) is 7.76. The fourth-order valence-electron chi connectivity index (χ4n) is 5.73. The standard InChI is InChI=1S/C27H36N2O4S/c1-5-33-23-16-19(10-11-22(23)31-2)17-29-14-12-27(13-15-29)21-9-7-6-8-20(21)25(26(27)32-3)28-24(30)18-34-4/h6-11,16,25-26H,5,12-15,17-18H2,1-4H3,(H,28,30)/t25-,26+/m1/s1. The molecule has 0 unspecified atom stereocenters. The van der Waals surface area contributed by atoms with Crippen molar-refractivity contribution in [1.82, 2.24) is 10.2 Å². The van der Waals surface area contributed by atoms with Crippen molar-refractivity contribution >= 4 is 17.7 Å². The molecule has 4 rings (SSSR count). The zero-order valence-corrected chi connectivity index (χ0v) is 21.5. The van der Waals surface area contributed by atoms with Gasteiger partial charge in [-0.05, 0) is 67.9 Å². The van der Waals surface area contributed by atoms with Gasteiger partial charge in [0.1, 0.15) is 0 Å². The number of methoxy groups -OCH3 is 2. The Bertz CT molecular complexity index is 990. The first-order valence-electron chi connectivity index (χ1n) is 12.0. The van der Waals surface area contributed by atoms with E-state index in [2.05, 4.69) is 46.6 Å². The second kappa shape index (κ2) is 11.0. The molecule has 2 aromatic carbocycles. The lowest BCUT2D eigenvalue weighted by Gasteiger charge is -2.44. The van der Waals surface area contributed by atoms with Gasteiger partial charge in [-0.25, -0.2) is 0 Å². The van der Waals surface area contributed by atoms with E-state index in [1.54, 1.807) is 26.0 Å². The van der Waals surface area contributed by atoms with Gasteiger partial charge in [0.25, 0.3) is 0 Å². The van der Waals surface area contributed by atoms with Crippen molar-refractivity contribution in [3.63, 3.8) is 0 Å². The number of rotatable bonds is 9. The summed E-state index contributed by atoms with van der Waals surface area (Å²) in [4.78, 5) is 15.0. The summed E-state index contributed by atoms with van der Waals surface area (Å²) >= 11 is 1.54. The second-order valence-corrected chi connectivity index (χ2v) is 9.94. The fraction of sp³-hybridized carbons (Fsp3) is 0.519. The Labute approximate surface area is 207 Å². The van der Waals surface area contributed by atoms with Gasteiger partial charge in [0, 0.05) is 19.1 Å². The molecule has 2 aliphatic rings. The van der Waals surface area contributed by atoms with Crippen LogP contribution in [-0.4, -0.2) is 62.8 Å². The number of hydrogen-bond acceptors (Lipinski definition) is 6. The van der Waals surface area contributed by atoms with Crippen molar-refractivity contribution in [2.24, 2.45) is 0 Å². The largest absolute Gasteiger partial charge is 0.493 e. The van der Waals surface area contributed by atoms with Gasteiger partial charge in [-0.1, -0.05) is 30.3 Å². The number of carbonyl (C=O) groups is 1. The number of thioether (sulfide) groups is 1. The van der Waals surface area contributed by atoms with Crippen LogP contribution in [0.2, 0.25) is 0 Å². The van der Waals surface area contributed by atoms with Gasteiger partial charge in [0.05, 0.1) is 31.6 Å². The van der Waals surface area contributed by atoms with Crippen LogP contribution >= 0.6 is 11.8 Å². The molecule has 1 N–H and O–H groups in total. The molecule has 2 atom stereocenters. The van der Waals surface area contributed by atoms with E-state index in [0.717, 1.165) is 44.0 Å². The number of likely N-dealkylation sites (tertiary alicyclic amines) is 1. The van der Waals surface area contributed by atoms with E-state index in [1.807, 2.05) is 19.2 Å². The van der Waals surface area contributed by atoms with E-state index in [4.69, 9.17) is 14.2 Å². The first-order valence-corrected chi connectivity index (χ1v) is 13.4. The molecule has 0 aromatic heterocycles. The lowest BCUT2D eigenvalue weighted by molar-refractivity contribution is -0.121. The van der Waals surface area contributed by atoms with Crippen molar-refractivity contribution in [1.29, 1.82) is 0 Å². The molecule has 34 heavy (non-hydrogen) atoms. The van der Waals surface area contributed by atoms with E-state index < -0.39 is 0 Å². The van der Waals surface area contributed by atoms with Gasteiger partial charge in [-0.3, -0.25) is 9.69 Å². The minimum Gasteiger partial charge on any atom is -0.493 e. The molecule has 2 aromatic rings. The summed E-state index contributed by atoms with van der Waals surface area (Å²) in [6.07, 6.45) is 3.87. The fourth-order valence-corrected chi connectivity index (χ4v) is 6.07. The van der Waals surface area contributed by atoms with Gasteiger partial charge in [0.2, 0.25) is 5.91 Å². The highest BCUT2D eigenvalue weighted by Crippen LogP contribution is 2.52. The highest BCUT2D eigenvalue weighted by atomic mass is 32.2. The van der Waals surface area contributed by atoms with E-state index in [0.29, 0.717) is 12.4 Å². The van der Waals surface area contributed by atoms with Crippen LogP contribution in [0.4, 0.5) is 0 Å². The average Bonchev–Trinajstić information content (AvgIpc) is 3.09. The Hall–Kier alpha value is -2.22. The molecule has 1 amide bonds. The number of amides is 1. The summed E-state index contributed by atoms with van der Waals surface area (Å²) in [6, 6.07) is 14.6. The van der Waals surface area contributed by atoms with Crippen molar-refractivity contribution in [3.8, 4) is 11.5 Å². The normalized spacial score (nSPS) is 21.3. The molecule has 1 aliphatic heterocycles. The van der Waals surface area contributed by atoms with E-state index in [-0.39, 0.29) is 23.5 Å². The highest BCUT2D eigenvalue weighted by Gasteiger charge is 2.53. The number of ether oxygens (including phenoxy) is 3. The molecule has 1 saturated heterocycles. The summed E-state index contributed by atoms with van der Waals surface area (Å²) in [5.41, 5.74) is 3.67. The van der Waals surface area contributed by atoms with Crippen LogP contribution in [0.15, 0.2) is 42.5 Å². The Kier molecular flexibility index (Phi) is 8.06. The Morgan fingerprint density at radius 2 is 1.91 bits per heavy atom. The lowest BCUT2D eigenvalue weighted by atomic mass is 9.72. The SMILES string of the molecule is CCOc1cc(CN2CCC3(CC2)c2ccccc2[C@@H](NC(=O)CSC)[C@@H]3OC)ccc1OC. The number of fused-ring (bicyclic) bond motifs is 2. The summed E-state index contributed by atoms with van der Waals surface area (Å²) in [7, 11) is 3.45. The maximum atomic E-state index is 12.5. The topological polar surface area (TPSA) is 60.0 Å². The number of hydrogen-bond donors (Lipinski definition) is 1. The van der Waals surface area contributed by atoms with Crippen LogP contribution in [-0.2, 0) is 21.5 Å². The first-order chi connectivity index (χ1) is 16.6. The monoisotopic (exact) mass is 484 g/mol. The van der Waals surface area contributed by atoms with Gasteiger partial charge in [-0.15, -0.1) is 0 Å². The van der Waals surface area contributed by atoms with Gasteiger partial charge < -0.3 is 19.5 Å². The van der Waals surface area contributed by atoms with E-state index >= 15 is 0 Å². The molecular formula is C27H36N2O4S. The summed E-state index contributed by atoms with van der Waals surface area (Å²) < 4.78 is 17.3. The molecule has 0 bridgehead atoms. The predicted octanol–water partition coefficient (Wildman–Crippen LogP) is 4.18. The van der Waals surface area contributed by atoms with E-state index in [1.165, 1.54) is 16.7 Å². The first kappa shape index (κ1) is 24.9. The number of carbonyl (C=O) groups excluding carboxylic acids is 1. The predicted molar refractivity (Wildman–Crippen MR) is 137 cm³/mol. The Morgan fingerprint density at radius 1 is 1.15 bits per heavy atom. The average molecular weight is 485 g/mol. The van der Waals surface area contributed by atoms with Crippen LogP contribution in [0, 0.1) is 0 Å². The lowest BCUT2D eigenvalue weighted by Crippen LogP contribution is -2.50. The second-order valence-electron chi connectivity index (χ2n) is 9.07. The smallest absolute Gasteiger partial charge is 0.230 e. The molecule has 0 saturated carbocycles. The summed E-state index contributed by atoms with van der Waals surface area (Å²) in [5, 5.41) is 3.26. The van der Waals surface area contributed by atoms with Crippen molar-refractivity contribution < 1.29 is 19.0 Å². The molecule has 1 spiro atoms. The number of nitrogens with one attached hydrogen (secondary N) is 1. The Morgan fingerprint density at radius 3 is 2.59 bits per heavy atom. The zero-order chi connectivity index (χ0) is 24.1. The maximum absolute atomic E-state index is 12.5. The van der Waals surface area contributed by atoms with Crippen LogP contribution in [0.3, 0.4) is 0 Å². The van der Waals surface area contributed by atoms with Gasteiger partial charge in [0.15, 0.2) is 11.5 Å². The number of piperidine rings is 1. The van der Waals surface area contributed by atoms with Crippen LogP contribution in [0.25, 0.3) is 0 Å². The maximum Gasteiger partial charge on any atom is 0.230 e. The minimum absolute atomic E-state index is 0.0634. The molecule has 1 heterocycles. The quantitative estimate of drug-likeness (QED) is 0.576. The molecule has 0 radical (unpaired) electrons. The van der Waals surface area contributed by atoms with Crippen molar-refractivity contribution in [3.05, 3.63) is 59.2 Å². The highest BCUT2D eigenvalue weighted by molar-refractivity contribution is 7.99. The zero-order valence-electron chi connectivity index (χ0n) is 20.6. The Balaban J connectivity index is 1.51. The van der Waals surface area contributed by atoms with Crippen LogP contribution in [0.1, 0.15) is 42.5 Å². The third kappa shape index (κ3) is 4.79. The van der Waals surface area contributed by atoms with Crippen LogP contribution in [0.5, 0.6) is 11.5 Å². The van der Waals surface area contributed by atoms with Gasteiger partial charge in [-0.2, -0.15) is 11.8 Å². The van der Waals surface area contributed by atoms with Crippen molar-refractivity contribution in [2.75, 3.05) is 45.9 Å². The molecule has 7 heteroatoms. The molecule has 1 aliphatic carbocycles. The van der Waals surface area contributed by atoms with Gasteiger partial charge >= 0.3 is 0 Å². The molecule has 1 fully saturated rings. The molecular weight excluding hydrogens is 448 g/mol. The van der Waals surface area contributed by atoms with Crippen LogP contribution < -0.4 is 14.8 Å². The number of benzene rings is 2. The molecule has 6 nitrogen and oxygen atoms in total. The summed E-state index contributed by atoms with van der Waals surface area (Å²) in [6.45, 7) is 5.40. The summed E-state index contributed by atoms with van der Waals surface area (Å²) in [5.74, 6) is 2.09.